The maximum absolute atomic E-state index is 13.5. The maximum atomic E-state index is 13.5. The third kappa shape index (κ3) is 5.02. The smallest absolute Gasteiger partial charge is 0.356 e. The van der Waals surface area contributed by atoms with Crippen molar-refractivity contribution in [3.8, 4) is 23.0 Å². The molecule has 2 aliphatic rings. The molecular weight excluding hydrogens is 515 g/mol. The van der Waals surface area contributed by atoms with Crippen LogP contribution in [0.2, 0.25) is 0 Å². The van der Waals surface area contributed by atoms with Gasteiger partial charge in [-0.3, -0.25) is 4.79 Å². The van der Waals surface area contributed by atoms with E-state index in [1.807, 2.05) is 0 Å². The van der Waals surface area contributed by atoms with Crippen molar-refractivity contribution >= 4 is 34.7 Å². The number of hydrazone groups is 1. The van der Waals surface area contributed by atoms with Gasteiger partial charge >= 0.3 is 5.97 Å². The Labute approximate surface area is 221 Å². The number of aromatic amines is 1. The molecule has 13 heteroatoms. The van der Waals surface area contributed by atoms with E-state index in [4.69, 9.17) is 28.5 Å². The topological polar surface area (TPSA) is 142 Å². The van der Waals surface area contributed by atoms with E-state index in [2.05, 4.69) is 20.7 Å². The summed E-state index contributed by atoms with van der Waals surface area (Å²) in [5.74, 6) is -0.165. The van der Waals surface area contributed by atoms with Gasteiger partial charge in [0.15, 0.2) is 17.2 Å². The van der Waals surface area contributed by atoms with E-state index in [-0.39, 0.29) is 37.6 Å². The van der Waals surface area contributed by atoms with Crippen molar-refractivity contribution in [1.29, 1.82) is 0 Å². The van der Waals surface area contributed by atoms with E-state index in [0.29, 0.717) is 45.0 Å². The first-order valence-corrected chi connectivity index (χ1v) is 12.0. The highest BCUT2D eigenvalue weighted by Crippen LogP contribution is 2.52. The zero-order valence-electron chi connectivity index (χ0n) is 21.3. The van der Waals surface area contributed by atoms with Crippen LogP contribution in [0.25, 0.3) is 10.9 Å². The Balaban J connectivity index is 1.43. The molecule has 1 unspecified atom stereocenters. The molecule has 0 aliphatic carbocycles. The molecule has 0 radical (unpaired) electrons. The summed E-state index contributed by atoms with van der Waals surface area (Å²) in [6.45, 7) is 1.86. The van der Waals surface area contributed by atoms with Gasteiger partial charge in [0, 0.05) is 34.9 Å². The van der Waals surface area contributed by atoms with E-state index >= 15 is 0 Å². The number of amides is 1. The monoisotopic (exact) mass is 540 g/mol. The second-order valence-electron chi connectivity index (χ2n) is 8.53. The van der Waals surface area contributed by atoms with Gasteiger partial charge < -0.3 is 33.5 Å². The van der Waals surface area contributed by atoms with E-state index in [1.165, 1.54) is 38.6 Å². The number of benzene rings is 2. The van der Waals surface area contributed by atoms with Crippen molar-refractivity contribution in [1.82, 2.24) is 10.4 Å². The van der Waals surface area contributed by atoms with Gasteiger partial charge in [0.25, 0.3) is 5.91 Å². The van der Waals surface area contributed by atoms with Gasteiger partial charge in [0.05, 0.1) is 27.0 Å². The highest BCUT2D eigenvalue weighted by molar-refractivity contribution is 6.36. The molecule has 3 heterocycles. The van der Waals surface area contributed by atoms with Gasteiger partial charge in [-0.2, -0.15) is 5.10 Å². The normalized spacial score (nSPS) is 15.8. The van der Waals surface area contributed by atoms with E-state index < -0.39 is 23.8 Å². The number of ether oxygens (including phenoxy) is 5. The van der Waals surface area contributed by atoms with Crippen LogP contribution in [0.1, 0.15) is 35.0 Å². The van der Waals surface area contributed by atoms with Crippen molar-refractivity contribution in [2.24, 2.45) is 10.3 Å². The first-order valence-electron chi connectivity index (χ1n) is 12.0. The summed E-state index contributed by atoms with van der Waals surface area (Å²) < 4.78 is 41.1. The van der Waals surface area contributed by atoms with Crippen LogP contribution in [-0.4, -0.2) is 62.5 Å². The van der Waals surface area contributed by atoms with Crippen molar-refractivity contribution < 1.29 is 42.5 Å². The van der Waals surface area contributed by atoms with E-state index in [0.717, 1.165) is 0 Å². The summed E-state index contributed by atoms with van der Waals surface area (Å²) in [4.78, 5) is 33.2. The molecule has 204 valence electrons. The van der Waals surface area contributed by atoms with Gasteiger partial charge in [-0.15, -0.1) is 0 Å². The number of methoxy groups -OCH3 is 2. The molecule has 1 atom stereocenters. The fraction of sp³-hybridized carbons (Fsp3) is 0.308. The lowest BCUT2D eigenvalue weighted by Crippen LogP contribution is -2.20. The number of esters is 1. The summed E-state index contributed by atoms with van der Waals surface area (Å²) in [7, 11) is 2.94. The van der Waals surface area contributed by atoms with Crippen LogP contribution in [-0.2, 0) is 20.8 Å². The van der Waals surface area contributed by atoms with Gasteiger partial charge in [-0.25, -0.2) is 14.6 Å². The van der Waals surface area contributed by atoms with Crippen LogP contribution in [0, 0.1) is 5.82 Å². The minimum Gasteiger partial charge on any atom is -0.492 e. The zero-order valence-corrected chi connectivity index (χ0v) is 21.3. The number of nitrogens with zero attached hydrogens (tertiary/aromatic N) is 2. The molecule has 2 aliphatic heterocycles. The lowest BCUT2D eigenvalue weighted by Gasteiger charge is -2.19. The first-order chi connectivity index (χ1) is 18.9. The lowest BCUT2D eigenvalue weighted by molar-refractivity contribution is -0.135. The molecule has 1 amide bonds. The standard InChI is InChI=1S/C26H25FN4O8/c1-4-36-26(33)20-10-15(39-31-20)9-16-17(22-24(38-12-37-22)23(35-3)21(16)34-2)11-28-30-25(32)19-8-13-7-14(27)5-6-18(13)29-19/h5-8,11,15,29H,4,9-10,12H2,1-3H3,(H,30,32)/b28-11-. The molecule has 0 saturated heterocycles. The SMILES string of the molecule is CCOC(=O)C1=NOC(Cc2c(/C=N\NC(=O)c3cc4cc(F)ccc4[nH]3)c3c(c(OC)c2OC)OCO3)C1. The molecule has 1 aromatic heterocycles. The molecule has 3 aromatic rings. The molecule has 0 spiro atoms. The maximum Gasteiger partial charge on any atom is 0.356 e. The number of nitrogens with one attached hydrogen (secondary N) is 2. The summed E-state index contributed by atoms with van der Waals surface area (Å²) in [6.07, 6.45) is 1.32. The van der Waals surface area contributed by atoms with Crippen LogP contribution in [0.5, 0.6) is 23.0 Å². The Kier molecular flexibility index (Phi) is 7.21. The average molecular weight is 541 g/mol. The Morgan fingerprint density at radius 3 is 2.77 bits per heavy atom. The van der Waals surface area contributed by atoms with Gasteiger partial charge in [-0.05, 0) is 31.2 Å². The highest BCUT2D eigenvalue weighted by Gasteiger charge is 2.34. The summed E-state index contributed by atoms with van der Waals surface area (Å²) >= 11 is 0. The molecule has 12 nitrogen and oxygen atoms in total. The first kappa shape index (κ1) is 25.8. The fourth-order valence-corrected chi connectivity index (χ4v) is 4.43. The number of oxime groups is 1. The van der Waals surface area contributed by atoms with E-state index in [1.54, 1.807) is 13.0 Å². The Morgan fingerprint density at radius 1 is 1.21 bits per heavy atom. The van der Waals surface area contributed by atoms with Gasteiger partial charge in [0.2, 0.25) is 18.3 Å². The molecule has 39 heavy (non-hydrogen) atoms. The minimum atomic E-state index is -0.542. The third-order valence-electron chi connectivity index (χ3n) is 6.14. The Bertz CT molecular complexity index is 1500. The number of hydrogen-bond acceptors (Lipinski definition) is 10. The second-order valence-corrected chi connectivity index (χ2v) is 8.53. The van der Waals surface area contributed by atoms with Gasteiger partial charge in [-0.1, -0.05) is 5.16 Å². The number of aromatic nitrogens is 1. The average Bonchev–Trinajstić information content (AvgIpc) is 3.68. The summed E-state index contributed by atoms with van der Waals surface area (Å²) in [5, 5.41) is 8.55. The lowest BCUT2D eigenvalue weighted by atomic mass is 9.96. The van der Waals surface area contributed by atoms with Crippen molar-refractivity contribution in [2.75, 3.05) is 27.6 Å². The van der Waals surface area contributed by atoms with Crippen molar-refractivity contribution in [3.63, 3.8) is 0 Å². The number of carbonyl (C=O) groups excluding carboxylic acids is 2. The second kappa shape index (κ2) is 10.9. The quantitative estimate of drug-likeness (QED) is 0.240. The number of hydrogen-bond donors (Lipinski definition) is 2. The predicted molar refractivity (Wildman–Crippen MR) is 136 cm³/mol. The number of carbonyl (C=O) groups is 2. The number of halogens is 1. The Morgan fingerprint density at radius 2 is 2.00 bits per heavy atom. The van der Waals surface area contributed by atoms with E-state index in [9.17, 15) is 14.0 Å². The third-order valence-corrected chi connectivity index (χ3v) is 6.14. The predicted octanol–water partition coefficient (Wildman–Crippen LogP) is 3.07. The number of rotatable bonds is 9. The van der Waals surface area contributed by atoms with Crippen LogP contribution >= 0.6 is 0 Å². The van der Waals surface area contributed by atoms with Crippen molar-refractivity contribution in [3.05, 3.63) is 46.9 Å². The number of fused-ring (bicyclic) bond motifs is 2. The minimum absolute atomic E-state index is 0.0623. The molecule has 5 rings (SSSR count). The molecule has 2 N–H and O–H groups in total. The fourth-order valence-electron chi connectivity index (χ4n) is 4.43. The van der Waals surface area contributed by atoms with Crippen LogP contribution < -0.4 is 24.4 Å². The van der Waals surface area contributed by atoms with Crippen LogP contribution in [0.4, 0.5) is 4.39 Å². The summed E-state index contributed by atoms with van der Waals surface area (Å²) in [5.41, 5.74) is 4.47. The summed E-state index contributed by atoms with van der Waals surface area (Å²) in [6, 6.07) is 5.70. The highest BCUT2D eigenvalue weighted by atomic mass is 19.1. The largest absolute Gasteiger partial charge is 0.492 e. The van der Waals surface area contributed by atoms with Crippen molar-refractivity contribution in [2.45, 2.75) is 25.9 Å². The molecule has 0 bridgehead atoms. The molecular formula is C26H25FN4O8. The number of H-pyrrole nitrogens is 1. The molecule has 0 saturated carbocycles. The molecule has 0 fully saturated rings. The van der Waals surface area contributed by atoms with Gasteiger partial charge in [0.1, 0.15) is 17.6 Å². The van der Waals surface area contributed by atoms with Crippen LogP contribution in [0.15, 0.2) is 34.5 Å². The van der Waals surface area contributed by atoms with Crippen LogP contribution in [0.3, 0.4) is 0 Å². The Hall–Kier alpha value is -4.81. The molecule has 2 aromatic carbocycles. The zero-order chi connectivity index (χ0) is 27.5.